The van der Waals surface area contributed by atoms with Gasteiger partial charge < -0.3 is 10.1 Å². The Labute approximate surface area is 192 Å². The van der Waals surface area contributed by atoms with Crippen LogP contribution in [-0.2, 0) is 4.79 Å². The van der Waals surface area contributed by atoms with Crippen molar-refractivity contribution in [2.24, 2.45) is 0 Å². The maximum Gasteiger partial charge on any atom is 0.237 e. The molecule has 10 nitrogen and oxygen atoms in total. The standard InChI is InChI=1S/C23H28N8O2/c1-4-17(18-9-10-25-23(28-18)31-30-16-6-7-16)22(32)29-20-8-5-15(11-26-20)19-12-24-13-21(27-19)33-14(2)3/h5,8-14,16-17,30H,4,6-7H2,1-3H3,(H,25,28,31)(H,26,29,32). The maximum atomic E-state index is 12.9. The predicted octanol–water partition coefficient (Wildman–Crippen LogP) is 3.33. The molecule has 3 aromatic heterocycles. The van der Waals surface area contributed by atoms with Crippen LogP contribution in [-0.4, -0.2) is 43.0 Å². The number of aromatic nitrogens is 5. The molecule has 0 bridgehead atoms. The summed E-state index contributed by atoms with van der Waals surface area (Å²) in [5.74, 6) is 0.763. The SMILES string of the molecule is CCC(C(=O)Nc1ccc(-c2cncc(OC(C)C)n2)cn1)c1ccnc(NNC2CC2)n1. The van der Waals surface area contributed by atoms with Crippen molar-refractivity contribution in [1.29, 1.82) is 0 Å². The highest BCUT2D eigenvalue weighted by molar-refractivity contribution is 5.94. The first-order chi connectivity index (χ1) is 16.0. The van der Waals surface area contributed by atoms with Gasteiger partial charge in [0.05, 0.1) is 35.8 Å². The number of amides is 1. The molecule has 3 aromatic rings. The number of anilines is 2. The fourth-order valence-corrected chi connectivity index (χ4v) is 3.17. The molecule has 0 aliphatic heterocycles. The van der Waals surface area contributed by atoms with Crippen LogP contribution in [0.3, 0.4) is 0 Å². The number of hydrazine groups is 1. The van der Waals surface area contributed by atoms with Gasteiger partial charge in [0.25, 0.3) is 0 Å². The molecule has 1 aliphatic carbocycles. The second-order valence-electron chi connectivity index (χ2n) is 8.14. The summed E-state index contributed by atoms with van der Waals surface area (Å²) in [4.78, 5) is 34.7. The summed E-state index contributed by atoms with van der Waals surface area (Å²) < 4.78 is 5.60. The van der Waals surface area contributed by atoms with E-state index in [1.165, 1.54) is 0 Å². The lowest BCUT2D eigenvalue weighted by Gasteiger charge is -2.15. The number of nitrogens with zero attached hydrogens (tertiary/aromatic N) is 5. The first-order valence-corrected chi connectivity index (χ1v) is 11.1. The maximum absolute atomic E-state index is 12.9. The van der Waals surface area contributed by atoms with Gasteiger partial charge in [0, 0.05) is 24.0 Å². The van der Waals surface area contributed by atoms with Crippen LogP contribution >= 0.6 is 0 Å². The number of rotatable bonds is 10. The Morgan fingerprint density at radius 1 is 1.12 bits per heavy atom. The van der Waals surface area contributed by atoms with Crippen molar-refractivity contribution >= 4 is 17.7 Å². The number of pyridine rings is 1. The number of nitrogens with one attached hydrogen (secondary N) is 3. The van der Waals surface area contributed by atoms with Gasteiger partial charge in [-0.25, -0.2) is 25.4 Å². The molecule has 1 aliphatic rings. The lowest BCUT2D eigenvalue weighted by molar-refractivity contribution is -0.117. The van der Waals surface area contributed by atoms with Gasteiger partial charge in [-0.2, -0.15) is 0 Å². The van der Waals surface area contributed by atoms with Crippen molar-refractivity contribution in [2.75, 3.05) is 10.7 Å². The zero-order chi connectivity index (χ0) is 23.2. The summed E-state index contributed by atoms with van der Waals surface area (Å²) in [6.45, 7) is 5.81. The molecule has 0 radical (unpaired) electrons. The summed E-state index contributed by atoms with van der Waals surface area (Å²) >= 11 is 0. The van der Waals surface area contributed by atoms with E-state index < -0.39 is 5.92 Å². The van der Waals surface area contributed by atoms with Crippen molar-refractivity contribution in [3.63, 3.8) is 0 Å². The quantitative estimate of drug-likeness (QED) is 0.400. The van der Waals surface area contributed by atoms with Gasteiger partial charge in [-0.3, -0.25) is 15.2 Å². The first-order valence-electron chi connectivity index (χ1n) is 11.1. The van der Waals surface area contributed by atoms with Gasteiger partial charge in [-0.15, -0.1) is 0 Å². The third-order valence-electron chi connectivity index (χ3n) is 5.00. The van der Waals surface area contributed by atoms with Crippen LogP contribution in [0.5, 0.6) is 5.88 Å². The molecule has 3 heterocycles. The molecular weight excluding hydrogens is 420 g/mol. The third-order valence-corrected chi connectivity index (χ3v) is 5.00. The molecule has 3 N–H and O–H groups in total. The van der Waals surface area contributed by atoms with Gasteiger partial charge in [0.1, 0.15) is 5.82 Å². The van der Waals surface area contributed by atoms with Crippen LogP contribution in [0, 0.1) is 0 Å². The molecule has 33 heavy (non-hydrogen) atoms. The first kappa shape index (κ1) is 22.5. The summed E-state index contributed by atoms with van der Waals surface area (Å²) in [5, 5.41) is 2.88. The Balaban J connectivity index is 1.41. The molecule has 0 aromatic carbocycles. The second-order valence-corrected chi connectivity index (χ2v) is 8.14. The van der Waals surface area contributed by atoms with Crippen molar-refractivity contribution in [2.45, 2.75) is 58.1 Å². The van der Waals surface area contributed by atoms with E-state index in [1.807, 2.05) is 26.8 Å². The lowest BCUT2D eigenvalue weighted by atomic mass is 10.0. The molecule has 0 spiro atoms. The molecule has 10 heteroatoms. The highest BCUT2D eigenvalue weighted by Gasteiger charge is 2.23. The number of carbonyl (C=O) groups excluding carboxylic acids is 1. The van der Waals surface area contributed by atoms with Gasteiger partial charge in [0.2, 0.25) is 17.7 Å². The minimum absolute atomic E-state index is 0.00739. The van der Waals surface area contributed by atoms with Crippen LogP contribution in [0.25, 0.3) is 11.3 Å². The Morgan fingerprint density at radius 3 is 2.67 bits per heavy atom. The monoisotopic (exact) mass is 448 g/mol. The highest BCUT2D eigenvalue weighted by Crippen LogP contribution is 2.23. The number of hydrogen-bond acceptors (Lipinski definition) is 9. The zero-order valence-corrected chi connectivity index (χ0v) is 18.9. The molecule has 1 saturated carbocycles. The largest absolute Gasteiger partial charge is 0.474 e. The predicted molar refractivity (Wildman–Crippen MR) is 125 cm³/mol. The molecule has 1 fully saturated rings. The zero-order valence-electron chi connectivity index (χ0n) is 18.9. The number of hydrogen-bond donors (Lipinski definition) is 3. The Kier molecular flexibility index (Phi) is 7.04. The third kappa shape index (κ3) is 6.19. The number of ether oxygens (including phenoxy) is 1. The minimum Gasteiger partial charge on any atom is -0.474 e. The topological polar surface area (TPSA) is 127 Å². The summed E-state index contributed by atoms with van der Waals surface area (Å²) in [6, 6.07) is 5.80. The van der Waals surface area contributed by atoms with Gasteiger partial charge >= 0.3 is 0 Å². The molecule has 4 rings (SSSR count). The fraction of sp³-hybridized carbons (Fsp3) is 0.391. The van der Waals surface area contributed by atoms with Crippen LogP contribution in [0.15, 0.2) is 43.0 Å². The van der Waals surface area contributed by atoms with E-state index in [0.717, 1.165) is 18.4 Å². The van der Waals surface area contributed by atoms with E-state index in [9.17, 15) is 4.79 Å². The molecule has 172 valence electrons. The normalized spacial score (nSPS) is 14.1. The summed E-state index contributed by atoms with van der Waals surface area (Å²) in [7, 11) is 0. The van der Waals surface area contributed by atoms with Crippen molar-refractivity contribution < 1.29 is 9.53 Å². The van der Waals surface area contributed by atoms with Crippen LogP contribution in [0.4, 0.5) is 11.8 Å². The van der Waals surface area contributed by atoms with Crippen LogP contribution in [0.2, 0.25) is 0 Å². The van der Waals surface area contributed by atoms with E-state index >= 15 is 0 Å². The summed E-state index contributed by atoms with van der Waals surface area (Å²) in [6.07, 6.45) is 9.41. The van der Waals surface area contributed by atoms with Crippen LogP contribution in [0.1, 0.15) is 51.6 Å². The minimum atomic E-state index is -0.424. The van der Waals surface area contributed by atoms with Gasteiger partial charge in [-0.1, -0.05) is 6.92 Å². The van der Waals surface area contributed by atoms with Gasteiger partial charge in [0.15, 0.2) is 0 Å². The average Bonchev–Trinajstić information content (AvgIpc) is 3.63. The fourth-order valence-electron chi connectivity index (χ4n) is 3.17. The van der Waals surface area contributed by atoms with Gasteiger partial charge in [-0.05, 0) is 51.3 Å². The lowest BCUT2D eigenvalue weighted by Crippen LogP contribution is -2.26. The Hall–Kier alpha value is -3.66. The number of carbonyl (C=O) groups is 1. The smallest absolute Gasteiger partial charge is 0.237 e. The van der Waals surface area contributed by atoms with Crippen molar-refractivity contribution in [1.82, 2.24) is 30.3 Å². The van der Waals surface area contributed by atoms with E-state index in [1.54, 1.807) is 36.9 Å². The molecule has 0 saturated heterocycles. The second kappa shape index (κ2) is 10.3. The van der Waals surface area contributed by atoms with Crippen LogP contribution < -0.4 is 20.9 Å². The Bertz CT molecular complexity index is 1090. The van der Waals surface area contributed by atoms with E-state index in [2.05, 4.69) is 41.1 Å². The highest BCUT2D eigenvalue weighted by atomic mass is 16.5. The van der Waals surface area contributed by atoms with E-state index in [-0.39, 0.29) is 12.0 Å². The van der Waals surface area contributed by atoms with E-state index in [0.29, 0.717) is 41.5 Å². The molecular formula is C23H28N8O2. The molecule has 1 atom stereocenters. The summed E-state index contributed by atoms with van der Waals surface area (Å²) in [5.41, 5.74) is 8.24. The van der Waals surface area contributed by atoms with Crippen molar-refractivity contribution in [3.05, 3.63) is 48.7 Å². The van der Waals surface area contributed by atoms with Crippen molar-refractivity contribution in [3.8, 4) is 17.1 Å². The average molecular weight is 449 g/mol. The Morgan fingerprint density at radius 2 is 1.97 bits per heavy atom. The molecule has 1 unspecified atom stereocenters. The van der Waals surface area contributed by atoms with E-state index in [4.69, 9.17) is 4.74 Å². The molecule has 1 amide bonds.